The number of carbonyl (C=O) groups excluding carboxylic acids is 1. The Bertz CT molecular complexity index is 1020. The zero-order valence-electron chi connectivity index (χ0n) is 15.4. The van der Waals surface area contributed by atoms with Crippen LogP contribution in [0, 0.1) is 0 Å². The third-order valence-corrected chi connectivity index (χ3v) is 5.04. The molecule has 2 aromatic carbocycles. The smallest absolute Gasteiger partial charge is 0.239 e. The number of anilines is 1. The molecule has 0 fully saturated rings. The number of aromatic nitrogens is 1. The third kappa shape index (κ3) is 4.81. The van der Waals surface area contributed by atoms with Crippen molar-refractivity contribution >= 4 is 34.8 Å². The number of nitrogens with zero attached hydrogens (tertiary/aromatic N) is 1. The minimum atomic E-state index is -0.284. The van der Waals surface area contributed by atoms with Crippen LogP contribution in [0.5, 0.6) is 17.4 Å². The normalized spacial score (nSPS) is 15.2. The number of aryl methyl sites for hydroxylation is 1. The van der Waals surface area contributed by atoms with Crippen LogP contribution in [0.3, 0.4) is 0 Å². The molecule has 0 saturated heterocycles. The van der Waals surface area contributed by atoms with Gasteiger partial charge < -0.3 is 14.8 Å². The summed E-state index contributed by atoms with van der Waals surface area (Å²) in [4.78, 5) is 15.5. The van der Waals surface area contributed by atoms with Crippen molar-refractivity contribution in [2.45, 2.75) is 18.9 Å². The van der Waals surface area contributed by atoms with E-state index >= 15 is 0 Å². The number of alkyl halides is 1. The van der Waals surface area contributed by atoms with Crippen LogP contribution in [0.25, 0.3) is 0 Å². The molecule has 0 spiro atoms. The lowest BCUT2D eigenvalue weighted by molar-refractivity contribution is -0.113. The molecule has 7 heteroatoms. The second-order valence-electron chi connectivity index (χ2n) is 6.64. The number of benzene rings is 2. The summed E-state index contributed by atoms with van der Waals surface area (Å²) in [6.07, 6.45) is 3.26. The second kappa shape index (κ2) is 8.72. The summed E-state index contributed by atoms with van der Waals surface area (Å²) in [5.74, 6) is 1.57. The summed E-state index contributed by atoms with van der Waals surface area (Å²) in [6.45, 7) is 0. The van der Waals surface area contributed by atoms with Crippen LogP contribution in [0.15, 0.2) is 60.8 Å². The Hall–Kier alpha value is -2.76. The monoisotopic (exact) mass is 428 g/mol. The first kappa shape index (κ1) is 19.6. The molecule has 0 radical (unpaired) electrons. The predicted molar refractivity (Wildman–Crippen MR) is 113 cm³/mol. The molecule has 3 aromatic rings. The fourth-order valence-electron chi connectivity index (χ4n) is 3.20. The van der Waals surface area contributed by atoms with E-state index in [4.69, 9.17) is 32.7 Å². The van der Waals surface area contributed by atoms with Gasteiger partial charge in [-0.1, -0.05) is 23.7 Å². The second-order valence-corrected chi connectivity index (χ2v) is 7.34. The number of fused-ring (bicyclic) bond motifs is 1. The van der Waals surface area contributed by atoms with Crippen LogP contribution in [0.4, 0.5) is 5.69 Å². The largest absolute Gasteiger partial charge is 0.485 e. The topological polar surface area (TPSA) is 60.5 Å². The molecule has 1 N–H and O–H groups in total. The SMILES string of the molecule is O=C(CCl)Nc1ccc(Oc2ccc3c(c2)CCC(c2cccc(Cl)c2)O3)nc1. The van der Waals surface area contributed by atoms with Gasteiger partial charge in [0.1, 0.15) is 23.5 Å². The number of pyridine rings is 1. The van der Waals surface area contributed by atoms with E-state index in [1.807, 2.05) is 42.5 Å². The maximum absolute atomic E-state index is 11.3. The zero-order valence-corrected chi connectivity index (χ0v) is 16.9. The predicted octanol–water partition coefficient (Wildman–Crippen LogP) is 5.77. The Balaban J connectivity index is 1.43. The van der Waals surface area contributed by atoms with Gasteiger partial charge in [-0.25, -0.2) is 4.98 Å². The Morgan fingerprint density at radius 3 is 2.86 bits per heavy atom. The van der Waals surface area contributed by atoms with Crippen molar-refractivity contribution in [3.63, 3.8) is 0 Å². The summed E-state index contributed by atoms with van der Waals surface area (Å²) < 4.78 is 12.0. The lowest BCUT2D eigenvalue weighted by Gasteiger charge is -2.27. The van der Waals surface area contributed by atoms with Crippen molar-refractivity contribution in [3.05, 3.63) is 76.9 Å². The molecule has 0 saturated carbocycles. The molecular formula is C22H18Cl2N2O3. The molecule has 1 aromatic heterocycles. The summed E-state index contributed by atoms with van der Waals surface area (Å²) in [6, 6.07) is 16.9. The number of rotatable bonds is 5. The molecule has 0 bridgehead atoms. The van der Waals surface area contributed by atoms with E-state index in [-0.39, 0.29) is 17.9 Å². The Kier molecular flexibility index (Phi) is 5.88. The van der Waals surface area contributed by atoms with Crippen molar-refractivity contribution in [1.82, 2.24) is 4.98 Å². The molecule has 1 amide bonds. The van der Waals surface area contributed by atoms with Gasteiger partial charge >= 0.3 is 0 Å². The van der Waals surface area contributed by atoms with Gasteiger partial charge in [0.05, 0.1) is 11.9 Å². The molecule has 5 nitrogen and oxygen atoms in total. The van der Waals surface area contributed by atoms with Gasteiger partial charge in [-0.15, -0.1) is 11.6 Å². The molecule has 1 atom stereocenters. The van der Waals surface area contributed by atoms with Crippen molar-refractivity contribution in [1.29, 1.82) is 0 Å². The number of halogens is 2. The first-order chi connectivity index (χ1) is 14.1. The van der Waals surface area contributed by atoms with E-state index in [1.54, 1.807) is 12.1 Å². The van der Waals surface area contributed by atoms with Gasteiger partial charge in [-0.05, 0) is 60.4 Å². The minimum absolute atomic E-state index is 0.00891. The lowest BCUT2D eigenvalue weighted by Crippen LogP contribution is -2.15. The van der Waals surface area contributed by atoms with Crippen molar-refractivity contribution in [2.75, 3.05) is 11.2 Å². The lowest BCUT2D eigenvalue weighted by atomic mass is 9.97. The fraction of sp³-hybridized carbons (Fsp3) is 0.182. The fourth-order valence-corrected chi connectivity index (χ4v) is 3.47. The summed E-state index contributed by atoms with van der Waals surface area (Å²) in [7, 11) is 0. The molecule has 1 aliphatic heterocycles. The van der Waals surface area contributed by atoms with Crippen molar-refractivity contribution in [2.24, 2.45) is 0 Å². The Labute approximate surface area is 178 Å². The van der Waals surface area contributed by atoms with E-state index in [0.717, 1.165) is 29.7 Å². The summed E-state index contributed by atoms with van der Waals surface area (Å²) >= 11 is 11.6. The van der Waals surface area contributed by atoms with Gasteiger partial charge in [0.25, 0.3) is 0 Å². The molecular weight excluding hydrogens is 411 g/mol. The number of hydrogen-bond donors (Lipinski definition) is 1. The molecule has 4 rings (SSSR count). The van der Waals surface area contributed by atoms with E-state index in [2.05, 4.69) is 10.3 Å². The number of hydrogen-bond acceptors (Lipinski definition) is 4. The molecule has 1 unspecified atom stereocenters. The highest BCUT2D eigenvalue weighted by molar-refractivity contribution is 6.30. The molecule has 29 heavy (non-hydrogen) atoms. The van der Waals surface area contributed by atoms with E-state index in [9.17, 15) is 4.79 Å². The highest BCUT2D eigenvalue weighted by atomic mass is 35.5. The zero-order chi connectivity index (χ0) is 20.2. The van der Waals surface area contributed by atoms with Gasteiger partial charge in [-0.2, -0.15) is 0 Å². The molecule has 0 aliphatic carbocycles. The number of carbonyl (C=O) groups is 1. The van der Waals surface area contributed by atoms with Crippen LogP contribution in [-0.2, 0) is 11.2 Å². The highest BCUT2D eigenvalue weighted by Crippen LogP contribution is 2.37. The quantitative estimate of drug-likeness (QED) is 0.523. The molecule has 148 valence electrons. The maximum atomic E-state index is 11.3. The number of nitrogens with one attached hydrogen (secondary N) is 1. The molecule has 1 aliphatic rings. The third-order valence-electron chi connectivity index (χ3n) is 4.56. The van der Waals surface area contributed by atoms with Crippen LogP contribution < -0.4 is 14.8 Å². The maximum Gasteiger partial charge on any atom is 0.239 e. The van der Waals surface area contributed by atoms with Crippen LogP contribution >= 0.6 is 23.2 Å². The Morgan fingerprint density at radius 1 is 1.21 bits per heavy atom. The van der Waals surface area contributed by atoms with Gasteiger partial charge in [0.15, 0.2) is 0 Å². The highest BCUT2D eigenvalue weighted by Gasteiger charge is 2.22. The molecule has 2 heterocycles. The van der Waals surface area contributed by atoms with Crippen molar-refractivity contribution in [3.8, 4) is 17.4 Å². The van der Waals surface area contributed by atoms with Gasteiger partial charge in [0, 0.05) is 11.1 Å². The van der Waals surface area contributed by atoms with E-state index < -0.39 is 0 Å². The van der Waals surface area contributed by atoms with E-state index in [1.165, 1.54) is 6.20 Å². The average molecular weight is 429 g/mol. The van der Waals surface area contributed by atoms with Crippen LogP contribution in [0.2, 0.25) is 5.02 Å². The van der Waals surface area contributed by atoms with Gasteiger partial charge in [0.2, 0.25) is 11.8 Å². The minimum Gasteiger partial charge on any atom is -0.485 e. The Morgan fingerprint density at radius 2 is 2.10 bits per heavy atom. The van der Waals surface area contributed by atoms with Gasteiger partial charge in [-0.3, -0.25) is 4.79 Å². The number of amides is 1. The average Bonchev–Trinajstić information content (AvgIpc) is 2.74. The van der Waals surface area contributed by atoms with Crippen molar-refractivity contribution < 1.29 is 14.3 Å². The first-order valence-corrected chi connectivity index (χ1v) is 10.1. The standard InChI is InChI=1S/C22H18Cl2N2O3/c23-12-21(27)26-17-5-9-22(25-13-17)28-18-6-8-20-15(11-18)4-7-19(29-20)14-2-1-3-16(24)10-14/h1-3,5-6,8-11,13,19H,4,7,12H2,(H,26,27). The van der Waals surface area contributed by atoms with E-state index in [0.29, 0.717) is 22.3 Å². The summed E-state index contributed by atoms with van der Waals surface area (Å²) in [5, 5.41) is 3.34. The summed E-state index contributed by atoms with van der Waals surface area (Å²) in [5.41, 5.74) is 2.73. The number of ether oxygens (including phenoxy) is 2. The van der Waals surface area contributed by atoms with Crippen LogP contribution in [-0.4, -0.2) is 16.8 Å². The van der Waals surface area contributed by atoms with Crippen LogP contribution in [0.1, 0.15) is 23.7 Å². The first-order valence-electron chi connectivity index (χ1n) is 9.15.